The number of nitrogens with zero attached hydrogens (tertiary/aromatic N) is 1. The molecule has 4 rings (SSSR count). The van der Waals surface area contributed by atoms with Crippen molar-refractivity contribution in [3.8, 4) is 11.1 Å². The molecule has 0 aliphatic carbocycles. The summed E-state index contributed by atoms with van der Waals surface area (Å²) in [5, 5.41) is 5.57. The normalized spacial score (nSPS) is 10.6. The van der Waals surface area contributed by atoms with Gasteiger partial charge in [0.25, 0.3) is 5.91 Å². The number of carbonyl (C=O) groups is 2. The van der Waals surface area contributed by atoms with Crippen LogP contribution in [0.1, 0.15) is 41.3 Å². The van der Waals surface area contributed by atoms with E-state index in [1.165, 1.54) is 11.3 Å². The van der Waals surface area contributed by atoms with Crippen LogP contribution in [-0.4, -0.2) is 16.7 Å². The maximum Gasteiger partial charge on any atom is 0.258 e. The summed E-state index contributed by atoms with van der Waals surface area (Å²) in [6.07, 6.45) is 1.17. The molecule has 3 aromatic carbocycles. The van der Waals surface area contributed by atoms with E-state index < -0.39 is 0 Å². The van der Waals surface area contributed by atoms with Gasteiger partial charge in [0.15, 0.2) is 0 Å². The lowest BCUT2D eigenvalue weighted by molar-refractivity contribution is -0.116. The molecule has 0 aliphatic heterocycles. The summed E-state index contributed by atoms with van der Waals surface area (Å²) < 4.78 is 0. The molecule has 172 valence electrons. The zero-order valence-electron chi connectivity index (χ0n) is 19.2. The average molecular weight is 469 g/mol. The van der Waals surface area contributed by atoms with Crippen molar-refractivity contribution in [3.05, 3.63) is 113 Å². The van der Waals surface area contributed by atoms with Gasteiger partial charge in [-0.3, -0.25) is 9.59 Å². The second-order valence-electron chi connectivity index (χ2n) is 8.15. The zero-order chi connectivity index (χ0) is 23.8. The molecule has 4 nitrogen and oxygen atoms in total. The molecule has 0 atom stereocenters. The van der Waals surface area contributed by atoms with Crippen molar-refractivity contribution in [2.75, 3.05) is 5.32 Å². The molecular formula is C29H28N2O2S. The lowest BCUT2D eigenvalue weighted by Crippen LogP contribution is -2.31. The van der Waals surface area contributed by atoms with Gasteiger partial charge in [0.1, 0.15) is 5.00 Å². The summed E-state index contributed by atoms with van der Waals surface area (Å²) >= 11 is 1.40. The van der Waals surface area contributed by atoms with Gasteiger partial charge in [-0.25, -0.2) is 0 Å². The molecule has 1 N–H and O–H groups in total. The molecular weight excluding hydrogens is 440 g/mol. The molecule has 0 bridgehead atoms. The van der Waals surface area contributed by atoms with Crippen LogP contribution in [0.5, 0.6) is 0 Å². The first kappa shape index (κ1) is 23.5. The first-order valence-corrected chi connectivity index (χ1v) is 12.4. The number of nitrogens with one attached hydrogen (secondary N) is 1. The van der Waals surface area contributed by atoms with Gasteiger partial charge in [-0.05, 0) is 23.1 Å². The van der Waals surface area contributed by atoms with Gasteiger partial charge >= 0.3 is 0 Å². The number of anilines is 1. The van der Waals surface area contributed by atoms with Crippen molar-refractivity contribution >= 4 is 28.2 Å². The Hall–Kier alpha value is -3.70. The van der Waals surface area contributed by atoms with E-state index in [-0.39, 0.29) is 11.8 Å². The third-order valence-corrected chi connectivity index (χ3v) is 6.43. The van der Waals surface area contributed by atoms with Gasteiger partial charge in [-0.2, -0.15) is 0 Å². The lowest BCUT2D eigenvalue weighted by atomic mass is 10.0. The Labute approximate surface area is 204 Å². The highest BCUT2D eigenvalue weighted by molar-refractivity contribution is 7.15. The molecule has 0 spiro atoms. The second kappa shape index (κ2) is 11.4. The van der Waals surface area contributed by atoms with Crippen LogP contribution in [-0.2, 0) is 17.9 Å². The van der Waals surface area contributed by atoms with Gasteiger partial charge in [-0.1, -0.05) is 97.9 Å². The Morgan fingerprint density at radius 1 is 0.794 bits per heavy atom. The maximum absolute atomic E-state index is 14.2. The van der Waals surface area contributed by atoms with Crippen molar-refractivity contribution in [3.63, 3.8) is 0 Å². The Morgan fingerprint density at radius 3 is 1.85 bits per heavy atom. The van der Waals surface area contributed by atoms with E-state index in [1.54, 1.807) is 0 Å². The largest absolute Gasteiger partial charge is 0.330 e. The molecule has 0 saturated carbocycles. The predicted molar refractivity (Wildman–Crippen MR) is 140 cm³/mol. The highest BCUT2D eigenvalue weighted by Crippen LogP contribution is 2.37. The van der Waals surface area contributed by atoms with Crippen molar-refractivity contribution in [2.24, 2.45) is 0 Å². The van der Waals surface area contributed by atoms with Gasteiger partial charge in [-0.15, -0.1) is 11.3 Å². The number of thiophene rings is 1. The van der Waals surface area contributed by atoms with Crippen LogP contribution >= 0.6 is 11.3 Å². The van der Waals surface area contributed by atoms with Crippen molar-refractivity contribution < 1.29 is 9.59 Å². The third kappa shape index (κ3) is 5.80. The number of amides is 2. The van der Waals surface area contributed by atoms with Gasteiger partial charge in [0.05, 0.1) is 5.56 Å². The summed E-state index contributed by atoms with van der Waals surface area (Å²) in [4.78, 5) is 28.5. The van der Waals surface area contributed by atoms with Gasteiger partial charge in [0.2, 0.25) is 5.91 Å². The topological polar surface area (TPSA) is 49.4 Å². The van der Waals surface area contributed by atoms with E-state index in [1.807, 2.05) is 108 Å². The monoisotopic (exact) mass is 468 g/mol. The smallest absolute Gasteiger partial charge is 0.258 e. The van der Waals surface area contributed by atoms with Crippen LogP contribution < -0.4 is 5.32 Å². The van der Waals surface area contributed by atoms with Crippen LogP contribution in [0.15, 0.2) is 96.4 Å². The summed E-state index contributed by atoms with van der Waals surface area (Å²) in [6.45, 7) is 2.92. The summed E-state index contributed by atoms with van der Waals surface area (Å²) in [7, 11) is 0. The Morgan fingerprint density at radius 2 is 1.32 bits per heavy atom. The number of rotatable bonds is 9. The minimum atomic E-state index is -0.0976. The SMILES string of the molecule is CCCC(=O)Nc1scc(-c2ccccc2)c1C(=O)N(Cc1ccccc1)Cc1ccccc1. The first-order valence-electron chi connectivity index (χ1n) is 11.5. The molecule has 0 unspecified atom stereocenters. The number of hydrogen-bond acceptors (Lipinski definition) is 3. The highest BCUT2D eigenvalue weighted by atomic mass is 32.1. The standard InChI is InChI=1S/C29H28N2O2S/c1-2-12-26(32)30-28-27(25(21-34-28)24-17-10-5-11-18-24)29(33)31(19-22-13-6-3-7-14-22)20-23-15-8-4-9-16-23/h3-11,13-18,21H,2,12,19-20H2,1H3,(H,30,32). The molecule has 5 heteroatoms. The third-order valence-electron chi connectivity index (χ3n) is 5.54. The summed E-state index contributed by atoms with van der Waals surface area (Å²) in [5.74, 6) is -0.171. The van der Waals surface area contributed by atoms with Crippen molar-refractivity contribution in [2.45, 2.75) is 32.9 Å². The minimum Gasteiger partial charge on any atom is -0.330 e. The molecule has 1 aromatic heterocycles. The van der Waals surface area contributed by atoms with Crippen LogP contribution in [0, 0.1) is 0 Å². The molecule has 0 aliphatic rings. The molecule has 34 heavy (non-hydrogen) atoms. The van der Waals surface area contributed by atoms with E-state index >= 15 is 0 Å². The minimum absolute atomic E-state index is 0.0734. The van der Waals surface area contributed by atoms with E-state index in [2.05, 4.69) is 5.32 Å². The number of hydrogen-bond donors (Lipinski definition) is 1. The highest BCUT2D eigenvalue weighted by Gasteiger charge is 2.26. The van der Waals surface area contributed by atoms with E-state index in [9.17, 15) is 9.59 Å². The van der Waals surface area contributed by atoms with E-state index in [4.69, 9.17) is 0 Å². The molecule has 0 radical (unpaired) electrons. The van der Waals surface area contributed by atoms with Crippen molar-refractivity contribution in [1.82, 2.24) is 4.90 Å². The average Bonchev–Trinajstić information content (AvgIpc) is 3.28. The fourth-order valence-electron chi connectivity index (χ4n) is 3.87. The lowest BCUT2D eigenvalue weighted by Gasteiger charge is -2.24. The Bertz CT molecular complexity index is 1180. The number of carbonyl (C=O) groups excluding carboxylic acids is 2. The van der Waals surface area contributed by atoms with Crippen LogP contribution in [0.3, 0.4) is 0 Å². The molecule has 4 aromatic rings. The van der Waals surface area contributed by atoms with Crippen LogP contribution in [0.25, 0.3) is 11.1 Å². The zero-order valence-corrected chi connectivity index (χ0v) is 20.1. The van der Waals surface area contributed by atoms with E-state index in [0.29, 0.717) is 30.1 Å². The fourth-order valence-corrected chi connectivity index (χ4v) is 4.85. The first-order chi connectivity index (χ1) is 16.7. The van der Waals surface area contributed by atoms with Crippen molar-refractivity contribution in [1.29, 1.82) is 0 Å². The molecule has 0 fully saturated rings. The Kier molecular flexibility index (Phi) is 7.89. The summed E-state index contributed by atoms with van der Waals surface area (Å²) in [6, 6.07) is 29.9. The molecule has 1 heterocycles. The molecule has 2 amide bonds. The molecule has 0 saturated heterocycles. The van der Waals surface area contributed by atoms with E-state index in [0.717, 1.165) is 28.7 Å². The van der Waals surface area contributed by atoms with Crippen LogP contribution in [0.2, 0.25) is 0 Å². The maximum atomic E-state index is 14.2. The van der Waals surface area contributed by atoms with Crippen LogP contribution in [0.4, 0.5) is 5.00 Å². The van der Waals surface area contributed by atoms with Gasteiger partial charge in [0, 0.05) is 30.5 Å². The quantitative estimate of drug-likeness (QED) is 0.288. The fraction of sp³-hybridized carbons (Fsp3) is 0.172. The Balaban J connectivity index is 1.75. The predicted octanol–water partition coefficient (Wildman–Crippen LogP) is 7.00. The number of benzene rings is 3. The van der Waals surface area contributed by atoms with Gasteiger partial charge < -0.3 is 10.2 Å². The summed E-state index contributed by atoms with van der Waals surface area (Å²) in [5.41, 5.74) is 4.46. The second-order valence-corrected chi connectivity index (χ2v) is 9.03.